The lowest BCUT2D eigenvalue weighted by molar-refractivity contribution is -0.123. The molecule has 3 rings (SSSR count). The summed E-state index contributed by atoms with van der Waals surface area (Å²) < 4.78 is 37.8. The minimum atomic E-state index is -3.65. The molecule has 0 saturated carbocycles. The van der Waals surface area contributed by atoms with Crippen LogP contribution < -0.4 is 14.8 Å². The monoisotopic (exact) mass is 468 g/mol. The van der Waals surface area contributed by atoms with Gasteiger partial charge in [-0.25, -0.2) is 8.42 Å². The zero-order chi connectivity index (χ0) is 23.8. The Morgan fingerprint density at radius 2 is 1.61 bits per heavy atom. The van der Waals surface area contributed by atoms with Crippen LogP contribution >= 0.6 is 0 Å². The van der Waals surface area contributed by atoms with Crippen molar-refractivity contribution in [1.29, 1.82) is 0 Å². The van der Waals surface area contributed by atoms with Crippen LogP contribution in [0.3, 0.4) is 0 Å². The molecule has 0 spiro atoms. The molecule has 3 aromatic rings. The maximum Gasteiger partial charge on any atom is 0.258 e. The van der Waals surface area contributed by atoms with Gasteiger partial charge in [-0.1, -0.05) is 48.5 Å². The summed E-state index contributed by atoms with van der Waals surface area (Å²) in [6.07, 6.45) is 0. The number of rotatable bonds is 10. The summed E-state index contributed by atoms with van der Waals surface area (Å²) >= 11 is 0. The van der Waals surface area contributed by atoms with E-state index >= 15 is 0 Å². The van der Waals surface area contributed by atoms with Crippen molar-refractivity contribution >= 4 is 15.9 Å². The molecule has 3 aromatic carbocycles. The van der Waals surface area contributed by atoms with Crippen LogP contribution in [-0.2, 0) is 21.4 Å². The highest BCUT2D eigenvalue weighted by Gasteiger charge is 2.21. The van der Waals surface area contributed by atoms with Crippen LogP contribution in [0.25, 0.3) is 0 Å². The molecule has 33 heavy (non-hydrogen) atoms. The smallest absolute Gasteiger partial charge is 0.258 e. The molecule has 7 nitrogen and oxygen atoms in total. The van der Waals surface area contributed by atoms with Crippen LogP contribution in [0.15, 0.2) is 83.8 Å². The van der Waals surface area contributed by atoms with Crippen molar-refractivity contribution in [3.8, 4) is 11.5 Å². The number of para-hydroxylation sites is 1. The molecule has 0 heterocycles. The Morgan fingerprint density at radius 1 is 0.970 bits per heavy atom. The predicted octanol–water partition coefficient (Wildman–Crippen LogP) is 3.77. The predicted molar refractivity (Wildman–Crippen MR) is 127 cm³/mol. The van der Waals surface area contributed by atoms with Gasteiger partial charge < -0.3 is 14.8 Å². The Balaban J connectivity index is 1.56. The SMILES string of the molecule is COc1ccccc1C(C)NC(=O)COc1ccc(S(=O)(=O)N(C)Cc2ccccc2)cc1. The van der Waals surface area contributed by atoms with Gasteiger partial charge in [-0.3, -0.25) is 4.79 Å². The zero-order valence-electron chi connectivity index (χ0n) is 18.9. The fraction of sp³-hybridized carbons (Fsp3) is 0.240. The molecule has 8 heteroatoms. The van der Waals surface area contributed by atoms with Gasteiger partial charge in [-0.2, -0.15) is 4.31 Å². The van der Waals surface area contributed by atoms with Crippen molar-refractivity contribution in [3.05, 3.63) is 90.0 Å². The van der Waals surface area contributed by atoms with Gasteiger partial charge in [0.25, 0.3) is 5.91 Å². The molecular weight excluding hydrogens is 440 g/mol. The van der Waals surface area contributed by atoms with E-state index in [4.69, 9.17) is 9.47 Å². The number of hydrogen-bond donors (Lipinski definition) is 1. The van der Waals surface area contributed by atoms with Crippen molar-refractivity contribution in [2.75, 3.05) is 20.8 Å². The minimum Gasteiger partial charge on any atom is -0.496 e. The number of carbonyl (C=O) groups excluding carboxylic acids is 1. The lowest BCUT2D eigenvalue weighted by atomic mass is 10.1. The molecule has 0 bridgehead atoms. The first-order chi connectivity index (χ1) is 15.8. The Bertz CT molecular complexity index is 1160. The highest BCUT2D eigenvalue weighted by molar-refractivity contribution is 7.89. The van der Waals surface area contributed by atoms with Crippen molar-refractivity contribution in [3.63, 3.8) is 0 Å². The first kappa shape index (κ1) is 24.3. The van der Waals surface area contributed by atoms with E-state index in [9.17, 15) is 13.2 Å². The summed E-state index contributed by atoms with van der Waals surface area (Å²) in [7, 11) is -0.527. The molecule has 0 radical (unpaired) electrons. The first-order valence-corrected chi connectivity index (χ1v) is 11.9. The van der Waals surface area contributed by atoms with E-state index < -0.39 is 10.0 Å². The number of benzene rings is 3. The summed E-state index contributed by atoms with van der Waals surface area (Å²) in [5.74, 6) is 0.799. The standard InChI is InChI=1S/C25H28N2O5S/c1-19(23-11-7-8-12-24(23)31-3)26-25(28)18-32-21-13-15-22(16-14-21)33(29,30)27(2)17-20-9-5-4-6-10-20/h4-16,19H,17-18H2,1-3H3,(H,26,28). The molecule has 174 valence electrons. The van der Waals surface area contributed by atoms with E-state index in [1.165, 1.54) is 16.4 Å². The van der Waals surface area contributed by atoms with Gasteiger partial charge in [0, 0.05) is 19.2 Å². The van der Waals surface area contributed by atoms with Crippen molar-refractivity contribution in [2.24, 2.45) is 0 Å². The average Bonchev–Trinajstić information content (AvgIpc) is 2.83. The van der Waals surface area contributed by atoms with Crippen LogP contribution in [0.5, 0.6) is 11.5 Å². The van der Waals surface area contributed by atoms with Crippen LogP contribution in [0.2, 0.25) is 0 Å². The molecule has 0 saturated heterocycles. The lowest BCUT2D eigenvalue weighted by Gasteiger charge is -2.18. The third-order valence-corrected chi connectivity index (χ3v) is 6.95. The number of amides is 1. The largest absolute Gasteiger partial charge is 0.496 e. The molecule has 1 N–H and O–H groups in total. The van der Waals surface area contributed by atoms with E-state index in [1.54, 1.807) is 26.3 Å². The molecule has 0 aliphatic heterocycles. The summed E-state index contributed by atoms with van der Waals surface area (Å²) in [5.41, 5.74) is 1.76. The van der Waals surface area contributed by atoms with E-state index in [0.29, 0.717) is 11.5 Å². The highest BCUT2D eigenvalue weighted by atomic mass is 32.2. The molecule has 0 aliphatic carbocycles. The van der Waals surface area contributed by atoms with Gasteiger partial charge >= 0.3 is 0 Å². The summed E-state index contributed by atoms with van der Waals surface area (Å²) in [6.45, 7) is 1.94. The number of methoxy groups -OCH3 is 1. The number of sulfonamides is 1. The molecule has 0 aromatic heterocycles. The fourth-order valence-electron chi connectivity index (χ4n) is 3.35. The topological polar surface area (TPSA) is 84.9 Å². The normalized spacial score (nSPS) is 12.2. The van der Waals surface area contributed by atoms with E-state index in [0.717, 1.165) is 11.1 Å². The number of ether oxygens (including phenoxy) is 2. The minimum absolute atomic E-state index is 0.155. The summed E-state index contributed by atoms with van der Waals surface area (Å²) in [6, 6.07) is 22.6. The van der Waals surface area contributed by atoms with Gasteiger partial charge in [0.1, 0.15) is 11.5 Å². The van der Waals surface area contributed by atoms with Gasteiger partial charge in [0.05, 0.1) is 18.0 Å². The molecule has 1 unspecified atom stereocenters. The number of carbonyl (C=O) groups is 1. The van der Waals surface area contributed by atoms with E-state index in [1.807, 2.05) is 61.5 Å². The molecule has 0 fully saturated rings. The van der Waals surface area contributed by atoms with Crippen LogP contribution in [-0.4, -0.2) is 39.4 Å². The lowest BCUT2D eigenvalue weighted by Crippen LogP contribution is -2.31. The fourth-order valence-corrected chi connectivity index (χ4v) is 4.51. The van der Waals surface area contributed by atoms with Crippen LogP contribution in [0.1, 0.15) is 24.1 Å². The third kappa shape index (κ3) is 6.34. The average molecular weight is 469 g/mol. The third-order valence-electron chi connectivity index (χ3n) is 5.13. The molecule has 1 atom stereocenters. The van der Waals surface area contributed by atoms with Crippen molar-refractivity contribution in [2.45, 2.75) is 24.4 Å². The Kier molecular flexibility index (Phi) is 8.08. The Labute approximate surface area is 195 Å². The molecular formula is C25H28N2O5S. The number of nitrogens with zero attached hydrogens (tertiary/aromatic N) is 1. The second kappa shape index (κ2) is 11.0. The van der Waals surface area contributed by atoms with E-state index in [2.05, 4.69) is 5.32 Å². The zero-order valence-corrected chi connectivity index (χ0v) is 19.7. The van der Waals surface area contributed by atoms with Gasteiger partial charge in [-0.15, -0.1) is 0 Å². The van der Waals surface area contributed by atoms with Crippen molar-refractivity contribution < 1.29 is 22.7 Å². The number of hydrogen-bond acceptors (Lipinski definition) is 5. The van der Waals surface area contributed by atoms with E-state index in [-0.39, 0.29) is 30.0 Å². The first-order valence-electron chi connectivity index (χ1n) is 10.5. The second-order valence-electron chi connectivity index (χ2n) is 7.54. The number of nitrogens with one attached hydrogen (secondary N) is 1. The van der Waals surface area contributed by atoms with Crippen LogP contribution in [0.4, 0.5) is 0 Å². The Hall–Kier alpha value is -3.36. The summed E-state index contributed by atoms with van der Waals surface area (Å²) in [5, 5.41) is 2.87. The van der Waals surface area contributed by atoms with Gasteiger partial charge in [0.15, 0.2) is 6.61 Å². The highest BCUT2D eigenvalue weighted by Crippen LogP contribution is 2.24. The van der Waals surface area contributed by atoms with Gasteiger partial charge in [0.2, 0.25) is 10.0 Å². The maximum absolute atomic E-state index is 12.8. The Morgan fingerprint density at radius 3 is 2.27 bits per heavy atom. The molecule has 1 amide bonds. The van der Waals surface area contributed by atoms with Crippen molar-refractivity contribution in [1.82, 2.24) is 9.62 Å². The van der Waals surface area contributed by atoms with Gasteiger partial charge in [-0.05, 0) is 42.8 Å². The maximum atomic E-state index is 12.8. The second-order valence-corrected chi connectivity index (χ2v) is 9.58. The summed E-state index contributed by atoms with van der Waals surface area (Å²) in [4.78, 5) is 12.5. The molecule has 0 aliphatic rings. The quantitative estimate of drug-likeness (QED) is 0.490. The van der Waals surface area contributed by atoms with Crippen LogP contribution in [0, 0.1) is 0 Å².